The summed E-state index contributed by atoms with van der Waals surface area (Å²) in [5.74, 6) is 1.48. The molecule has 4 aromatic carbocycles. The largest absolute Gasteiger partial charge is 0.497 e. The maximum absolute atomic E-state index is 16.2. The minimum Gasteiger partial charge on any atom is -0.497 e. The lowest BCUT2D eigenvalue weighted by Gasteiger charge is -2.39. The van der Waals surface area contributed by atoms with Crippen molar-refractivity contribution in [3.8, 4) is 28.6 Å². The zero-order chi connectivity index (χ0) is 53.4. The molecule has 2 heterocycles. The highest BCUT2D eigenvalue weighted by molar-refractivity contribution is 7.92. The van der Waals surface area contributed by atoms with Crippen molar-refractivity contribution >= 4 is 50.0 Å². The number of ether oxygens (including phenoxy) is 3. The maximum Gasteiger partial charge on any atom is 0.404 e. The van der Waals surface area contributed by atoms with E-state index < -0.39 is 66.7 Å². The fourth-order valence-electron chi connectivity index (χ4n) is 7.77. The second kappa shape index (κ2) is 23.7. The monoisotopic (exact) mass is 1090 g/mol. The van der Waals surface area contributed by atoms with Crippen molar-refractivity contribution in [2.75, 3.05) is 84.1 Å². The molecular weight excluding hydrogens is 1020 g/mol. The predicted molar refractivity (Wildman–Crippen MR) is 279 cm³/mol. The van der Waals surface area contributed by atoms with E-state index in [9.17, 15) is 18.3 Å². The summed E-state index contributed by atoms with van der Waals surface area (Å²) in [6.07, 6.45) is -1.15. The standard InChI is InChI=1S/C48H67N9O12S3Si/c1-48(2,3)73(8,9)69-41(30-49-47(58)59)31-50-71(62,63)43-23-22-42(55-26-24-54(25-27-55)28-29-70(7,60)61)44(46-51-53-57(52-46)34-37-14-20-40(68-6)21-15-37)45(43)72(64,65)56(32-35-10-16-38(66-4)17-11-35)33-36-12-18-39(67-5)19-13-36/h10-23,41,49-50H,24-34H2,1-9H3,(H,58,59). The number of nitrogens with zero attached hydrogens (tertiary/aromatic N) is 7. The number of amides is 1. The highest BCUT2D eigenvalue weighted by atomic mass is 32.2. The lowest BCUT2D eigenvalue weighted by atomic mass is 10.1. The fourth-order valence-corrected chi connectivity index (χ4v) is 13.2. The van der Waals surface area contributed by atoms with Crippen LogP contribution in [0.3, 0.4) is 0 Å². The van der Waals surface area contributed by atoms with Crippen LogP contribution in [0.4, 0.5) is 10.5 Å². The van der Waals surface area contributed by atoms with Gasteiger partial charge in [0, 0.05) is 70.8 Å². The summed E-state index contributed by atoms with van der Waals surface area (Å²) < 4.78 is 113. The molecule has 5 aromatic rings. The number of aromatic nitrogens is 4. The summed E-state index contributed by atoms with van der Waals surface area (Å²) in [5.41, 5.74) is 2.04. The minimum atomic E-state index is -4.98. The summed E-state index contributed by atoms with van der Waals surface area (Å²) >= 11 is 0. The van der Waals surface area contributed by atoms with E-state index in [4.69, 9.17) is 23.7 Å². The number of tetrazole rings is 1. The van der Waals surface area contributed by atoms with Gasteiger partial charge < -0.3 is 34.0 Å². The number of carboxylic acid groups (broad SMARTS) is 1. The number of sulfone groups is 1. The Bertz CT molecular complexity index is 2950. The van der Waals surface area contributed by atoms with E-state index in [1.807, 2.05) is 55.8 Å². The van der Waals surface area contributed by atoms with E-state index in [0.717, 1.165) is 5.56 Å². The lowest BCUT2D eigenvalue weighted by Crippen LogP contribution is -2.50. The van der Waals surface area contributed by atoms with Crippen molar-refractivity contribution in [2.45, 2.75) is 74.4 Å². The number of piperazine rings is 1. The van der Waals surface area contributed by atoms with E-state index >= 15 is 16.8 Å². The van der Waals surface area contributed by atoms with Crippen molar-refractivity contribution < 1.29 is 53.8 Å². The zero-order valence-corrected chi connectivity index (χ0v) is 46.2. The zero-order valence-electron chi connectivity index (χ0n) is 42.7. The number of sulfonamides is 2. The van der Waals surface area contributed by atoms with Crippen LogP contribution in [0.2, 0.25) is 18.1 Å². The third kappa shape index (κ3) is 15.0. The van der Waals surface area contributed by atoms with Crippen molar-refractivity contribution in [3.05, 3.63) is 102 Å². The van der Waals surface area contributed by atoms with Gasteiger partial charge in [-0.3, -0.25) is 4.90 Å². The fraction of sp³-hybridized carbons (Fsp3) is 0.458. The molecule has 25 heteroatoms. The molecule has 1 fully saturated rings. The summed E-state index contributed by atoms with van der Waals surface area (Å²) in [7, 11) is -11.2. The molecule has 0 spiro atoms. The Morgan fingerprint density at radius 3 is 1.77 bits per heavy atom. The summed E-state index contributed by atoms with van der Waals surface area (Å²) in [6.45, 7) is 10.5. The van der Waals surface area contributed by atoms with Gasteiger partial charge in [-0.2, -0.15) is 9.10 Å². The first-order valence-electron chi connectivity index (χ1n) is 23.5. The van der Waals surface area contributed by atoms with Crippen molar-refractivity contribution in [3.63, 3.8) is 0 Å². The number of nitrogens with one attached hydrogen (secondary N) is 2. The van der Waals surface area contributed by atoms with Gasteiger partial charge in [0.2, 0.25) is 25.9 Å². The first kappa shape index (κ1) is 56.6. The second-order valence-electron chi connectivity index (χ2n) is 19.2. The summed E-state index contributed by atoms with van der Waals surface area (Å²) in [5, 5.41) is 25.1. The highest BCUT2D eigenvalue weighted by Crippen LogP contribution is 2.42. The van der Waals surface area contributed by atoms with Crippen LogP contribution in [0.15, 0.2) is 94.7 Å². The number of carbonyl (C=O) groups is 1. The third-order valence-electron chi connectivity index (χ3n) is 12.9. The van der Waals surface area contributed by atoms with Gasteiger partial charge in [-0.25, -0.2) is 34.8 Å². The first-order chi connectivity index (χ1) is 34.3. The molecule has 0 radical (unpaired) electrons. The van der Waals surface area contributed by atoms with Gasteiger partial charge in [0.1, 0.15) is 36.9 Å². The minimum absolute atomic E-state index is 0.0478. The quantitative estimate of drug-likeness (QED) is 0.0694. The lowest BCUT2D eigenvalue weighted by molar-refractivity contribution is 0.163. The van der Waals surface area contributed by atoms with E-state index in [1.54, 1.807) is 67.8 Å². The average Bonchev–Trinajstić information content (AvgIpc) is 3.81. The summed E-state index contributed by atoms with van der Waals surface area (Å²) in [4.78, 5) is 15.7. The van der Waals surface area contributed by atoms with Gasteiger partial charge in [0.25, 0.3) is 0 Å². The molecule has 0 aliphatic carbocycles. The Hall–Kier alpha value is -5.67. The number of rotatable bonds is 24. The van der Waals surface area contributed by atoms with Crippen LogP contribution >= 0.6 is 0 Å². The Labute approximate surface area is 429 Å². The van der Waals surface area contributed by atoms with Gasteiger partial charge >= 0.3 is 6.09 Å². The summed E-state index contributed by atoms with van der Waals surface area (Å²) in [6, 6.07) is 23.6. The number of methoxy groups -OCH3 is 3. The van der Waals surface area contributed by atoms with E-state index in [-0.39, 0.29) is 54.9 Å². The average molecular weight is 1090 g/mol. The van der Waals surface area contributed by atoms with Gasteiger partial charge in [-0.05, 0) is 88.6 Å². The molecular formula is C48H67N9O12S3Si. The molecule has 1 aliphatic heterocycles. The molecule has 1 aliphatic rings. The van der Waals surface area contributed by atoms with E-state index in [2.05, 4.69) is 20.4 Å². The number of benzene rings is 4. The van der Waals surface area contributed by atoms with Crippen LogP contribution in [0.1, 0.15) is 37.5 Å². The third-order valence-corrected chi connectivity index (χ3v) is 21.9. The van der Waals surface area contributed by atoms with Crippen LogP contribution in [-0.4, -0.2) is 159 Å². The van der Waals surface area contributed by atoms with Gasteiger partial charge in [0.05, 0.1) is 45.3 Å². The topological polar surface area (TPSA) is 254 Å². The van der Waals surface area contributed by atoms with Crippen LogP contribution in [0.25, 0.3) is 11.4 Å². The normalized spacial score (nSPS) is 14.5. The van der Waals surface area contributed by atoms with Gasteiger partial charge in [-0.1, -0.05) is 57.2 Å². The molecule has 1 amide bonds. The molecule has 1 aromatic heterocycles. The molecule has 6 rings (SSSR count). The van der Waals surface area contributed by atoms with Crippen molar-refractivity contribution in [1.82, 2.24) is 39.5 Å². The Morgan fingerprint density at radius 1 is 0.767 bits per heavy atom. The van der Waals surface area contributed by atoms with Gasteiger partial charge in [0.15, 0.2) is 8.32 Å². The molecule has 1 atom stereocenters. The molecule has 0 bridgehead atoms. The maximum atomic E-state index is 16.2. The van der Waals surface area contributed by atoms with Crippen molar-refractivity contribution in [2.24, 2.45) is 0 Å². The van der Waals surface area contributed by atoms with Crippen LogP contribution < -0.4 is 29.1 Å². The Morgan fingerprint density at radius 2 is 1.29 bits per heavy atom. The Kier molecular flexibility index (Phi) is 18.4. The Balaban J connectivity index is 1.58. The molecule has 1 unspecified atom stereocenters. The molecule has 398 valence electrons. The number of hydrogen-bond donors (Lipinski definition) is 3. The van der Waals surface area contributed by atoms with E-state index in [0.29, 0.717) is 60.2 Å². The number of hydrogen-bond acceptors (Lipinski definition) is 16. The first-order valence-corrected chi connectivity index (χ1v) is 31.3. The van der Waals surface area contributed by atoms with Crippen LogP contribution in [-0.2, 0) is 53.9 Å². The molecule has 21 nitrogen and oxygen atoms in total. The van der Waals surface area contributed by atoms with Crippen LogP contribution in [0.5, 0.6) is 17.2 Å². The highest BCUT2D eigenvalue weighted by Gasteiger charge is 2.41. The molecule has 0 saturated carbocycles. The van der Waals surface area contributed by atoms with E-state index in [1.165, 1.54) is 41.7 Å². The molecule has 1 saturated heterocycles. The van der Waals surface area contributed by atoms with Crippen molar-refractivity contribution in [1.29, 1.82) is 0 Å². The molecule has 3 N–H and O–H groups in total. The smallest absolute Gasteiger partial charge is 0.404 e. The predicted octanol–water partition coefficient (Wildman–Crippen LogP) is 4.91. The SMILES string of the molecule is COc1ccc(CN(Cc2ccc(OC)cc2)S(=O)(=O)c2c(S(=O)(=O)NCC(CNC(=O)O)O[Si](C)(C)C(C)(C)C)ccc(N3CCN(CCS(C)(=O)=O)CC3)c2-c2nnn(Cc3ccc(OC)cc3)n2)cc1. The molecule has 73 heavy (non-hydrogen) atoms. The van der Waals surface area contributed by atoms with Crippen LogP contribution in [0, 0.1) is 0 Å². The second-order valence-corrected chi connectivity index (χ2v) is 29.9. The van der Waals surface area contributed by atoms with Gasteiger partial charge in [-0.15, -0.1) is 10.2 Å². The number of anilines is 1.